The average Bonchev–Trinajstić information content (AvgIpc) is 2.96. The Bertz CT molecular complexity index is 588. The van der Waals surface area contributed by atoms with E-state index in [0.717, 1.165) is 0 Å². The van der Waals surface area contributed by atoms with E-state index in [1.165, 1.54) is 0 Å². The number of nitrogens with zero attached hydrogens (tertiary/aromatic N) is 2. The Morgan fingerprint density at radius 2 is 2.30 bits per heavy atom. The van der Waals surface area contributed by atoms with Crippen LogP contribution in [-0.2, 0) is 13.1 Å². The topological polar surface area (TPSA) is 60.1 Å². The first kappa shape index (κ1) is 14.7. The van der Waals surface area contributed by atoms with Crippen LogP contribution in [0.1, 0.15) is 35.7 Å². The molecule has 2 aromatic heterocycles. The fourth-order valence-electron chi connectivity index (χ4n) is 1.95. The SMILES string of the molecule is Cc1nn(CC(C)C)c(Cl)c1C(=O)NCc1ccco1. The van der Waals surface area contributed by atoms with Gasteiger partial charge in [-0.2, -0.15) is 5.10 Å². The van der Waals surface area contributed by atoms with Gasteiger partial charge in [0.1, 0.15) is 10.9 Å². The Morgan fingerprint density at radius 3 is 2.90 bits per heavy atom. The largest absolute Gasteiger partial charge is 0.467 e. The van der Waals surface area contributed by atoms with E-state index < -0.39 is 0 Å². The number of carbonyl (C=O) groups is 1. The van der Waals surface area contributed by atoms with E-state index in [-0.39, 0.29) is 5.91 Å². The third kappa shape index (κ3) is 3.22. The zero-order valence-electron chi connectivity index (χ0n) is 11.8. The molecule has 0 saturated carbocycles. The number of nitrogens with one attached hydrogen (secondary N) is 1. The van der Waals surface area contributed by atoms with Gasteiger partial charge >= 0.3 is 0 Å². The molecule has 0 radical (unpaired) electrons. The Labute approximate surface area is 122 Å². The molecule has 1 N–H and O–H groups in total. The summed E-state index contributed by atoms with van der Waals surface area (Å²) in [5.74, 6) is 0.867. The van der Waals surface area contributed by atoms with Crippen molar-refractivity contribution < 1.29 is 9.21 Å². The number of aromatic nitrogens is 2. The quantitative estimate of drug-likeness (QED) is 0.922. The van der Waals surface area contributed by atoms with Crippen molar-refractivity contribution in [1.82, 2.24) is 15.1 Å². The Balaban J connectivity index is 2.11. The normalized spacial score (nSPS) is 11.1. The minimum atomic E-state index is -0.237. The van der Waals surface area contributed by atoms with Crippen LogP contribution in [0.5, 0.6) is 0 Å². The van der Waals surface area contributed by atoms with Crippen LogP contribution in [0, 0.1) is 12.8 Å². The van der Waals surface area contributed by atoms with E-state index in [1.54, 1.807) is 30.0 Å². The van der Waals surface area contributed by atoms with Crippen molar-refractivity contribution in [2.75, 3.05) is 0 Å². The number of aryl methyl sites for hydroxylation is 1. The second-order valence-electron chi connectivity index (χ2n) is 5.09. The van der Waals surface area contributed by atoms with Gasteiger partial charge in [-0.25, -0.2) is 0 Å². The van der Waals surface area contributed by atoms with Crippen LogP contribution in [0.2, 0.25) is 5.15 Å². The van der Waals surface area contributed by atoms with Crippen molar-refractivity contribution in [3.8, 4) is 0 Å². The first-order chi connectivity index (χ1) is 9.49. The fourth-order valence-corrected chi connectivity index (χ4v) is 2.28. The maximum Gasteiger partial charge on any atom is 0.256 e. The molecular formula is C14H18ClN3O2. The summed E-state index contributed by atoms with van der Waals surface area (Å²) in [6.45, 7) is 6.95. The van der Waals surface area contributed by atoms with Crippen LogP contribution in [0.15, 0.2) is 22.8 Å². The Kier molecular flexibility index (Phi) is 4.49. The monoisotopic (exact) mass is 295 g/mol. The summed E-state index contributed by atoms with van der Waals surface area (Å²) in [6.07, 6.45) is 1.57. The van der Waals surface area contributed by atoms with Crippen molar-refractivity contribution >= 4 is 17.5 Å². The number of carbonyl (C=O) groups excluding carboxylic acids is 1. The zero-order chi connectivity index (χ0) is 14.7. The van der Waals surface area contributed by atoms with Crippen molar-refractivity contribution in [1.29, 1.82) is 0 Å². The number of hydrogen-bond acceptors (Lipinski definition) is 3. The molecule has 0 saturated heterocycles. The number of amides is 1. The number of furan rings is 1. The molecule has 0 fully saturated rings. The average molecular weight is 296 g/mol. The van der Waals surface area contributed by atoms with E-state index in [4.69, 9.17) is 16.0 Å². The molecule has 6 heteroatoms. The lowest BCUT2D eigenvalue weighted by Gasteiger charge is -2.06. The Morgan fingerprint density at radius 1 is 1.55 bits per heavy atom. The summed E-state index contributed by atoms with van der Waals surface area (Å²) in [5, 5.41) is 7.48. The van der Waals surface area contributed by atoms with Gasteiger partial charge in [-0.3, -0.25) is 9.48 Å². The molecule has 0 aliphatic rings. The third-order valence-corrected chi connectivity index (χ3v) is 3.22. The standard InChI is InChI=1S/C14H18ClN3O2/c1-9(2)8-18-13(15)12(10(3)17-18)14(19)16-7-11-5-4-6-20-11/h4-6,9H,7-8H2,1-3H3,(H,16,19). The zero-order valence-corrected chi connectivity index (χ0v) is 12.6. The molecule has 2 rings (SSSR count). The van der Waals surface area contributed by atoms with Crippen molar-refractivity contribution in [2.45, 2.75) is 33.9 Å². The first-order valence-corrected chi connectivity index (χ1v) is 6.90. The molecule has 0 unspecified atom stereocenters. The second-order valence-corrected chi connectivity index (χ2v) is 5.45. The number of halogens is 1. The summed E-state index contributed by atoms with van der Waals surface area (Å²) >= 11 is 6.25. The molecule has 5 nitrogen and oxygen atoms in total. The van der Waals surface area contributed by atoms with Gasteiger partial charge in [0, 0.05) is 6.54 Å². The number of rotatable bonds is 5. The lowest BCUT2D eigenvalue weighted by molar-refractivity contribution is 0.0947. The molecule has 1 amide bonds. The summed E-state index contributed by atoms with van der Waals surface area (Å²) in [6, 6.07) is 3.58. The molecule has 0 atom stereocenters. The molecular weight excluding hydrogens is 278 g/mol. The van der Waals surface area contributed by atoms with Crippen molar-refractivity contribution in [3.63, 3.8) is 0 Å². The lowest BCUT2D eigenvalue weighted by Crippen LogP contribution is -2.23. The maximum absolute atomic E-state index is 12.2. The summed E-state index contributed by atoms with van der Waals surface area (Å²) < 4.78 is 6.84. The van der Waals surface area contributed by atoms with Gasteiger partial charge in [0.15, 0.2) is 0 Å². The molecule has 108 valence electrons. The Hall–Kier alpha value is -1.75. The molecule has 20 heavy (non-hydrogen) atoms. The van der Waals surface area contributed by atoms with Gasteiger partial charge in [-0.15, -0.1) is 0 Å². The van der Waals surface area contributed by atoms with Gasteiger partial charge in [-0.1, -0.05) is 25.4 Å². The predicted octanol–water partition coefficient (Wildman–Crippen LogP) is 3.02. The maximum atomic E-state index is 12.2. The van der Waals surface area contributed by atoms with Crippen LogP contribution in [0.4, 0.5) is 0 Å². The smallest absolute Gasteiger partial charge is 0.256 e. The minimum absolute atomic E-state index is 0.237. The highest BCUT2D eigenvalue weighted by Gasteiger charge is 2.20. The van der Waals surface area contributed by atoms with Crippen LogP contribution >= 0.6 is 11.6 Å². The molecule has 0 spiro atoms. The van der Waals surface area contributed by atoms with E-state index in [0.29, 0.717) is 41.2 Å². The van der Waals surface area contributed by atoms with E-state index in [2.05, 4.69) is 24.3 Å². The van der Waals surface area contributed by atoms with Gasteiger partial charge in [0.25, 0.3) is 5.91 Å². The lowest BCUT2D eigenvalue weighted by atomic mass is 10.2. The van der Waals surface area contributed by atoms with Crippen molar-refractivity contribution in [2.24, 2.45) is 5.92 Å². The van der Waals surface area contributed by atoms with Gasteiger partial charge < -0.3 is 9.73 Å². The molecule has 0 aromatic carbocycles. The van der Waals surface area contributed by atoms with Crippen LogP contribution in [0.25, 0.3) is 0 Å². The molecule has 2 heterocycles. The highest BCUT2D eigenvalue weighted by Crippen LogP contribution is 2.20. The van der Waals surface area contributed by atoms with Crippen LogP contribution in [-0.4, -0.2) is 15.7 Å². The van der Waals surface area contributed by atoms with E-state index in [1.807, 2.05) is 0 Å². The highest BCUT2D eigenvalue weighted by atomic mass is 35.5. The summed E-state index contributed by atoms with van der Waals surface area (Å²) in [4.78, 5) is 12.2. The minimum Gasteiger partial charge on any atom is -0.467 e. The second kappa shape index (κ2) is 6.13. The first-order valence-electron chi connectivity index (χ1n) is 6.52. The molecule has 0 bridgehead atoms. The number of hydrogen-bond donors (Lipinski definition) is 1. The summed E-state index contributed by atoms with van der Waals surface area (Å²) in [5.41, 5.74) is 1.06. The predicted molar refractivity (Wildman–Crippen MR) is 76.7 cm³/mol. The van der Waals surface area contributed by atoms with Gasteiger partial charge in [0.05, 0.1) is 24.1 Å². The molecule has 0 aliphatic heterocycles. The molecule has 0 aliphatic carbocycles. The summed E-state index contributed by atoms with van der Waals surface area (Å²) in [7, 11) is 0. The molecule has 2 aromatic rings. The van der Waals surface area contributed by atoms with E-state index >= 15 is 0 Å². The third-order valence-electron chi connectivity index (χ3n) is 2.83. The highest BCUT2D eigenvalue weighted by molar-refractivity contribution is 6.33. The fraction of sp³-hybridized carbons (Fsp3) is 0.429. The van der Waals surface area contributed by atoms with Crippen molar-refractivity contribution in [3.05, 3.63) is 40.6 Å². The van der Waals surface area contributed by atoms with Gasteiger partial charge in [-0.05, 0) is 25.0 Å². The van der Waals surface area contributed by atoms with Crippen LogP contribution in [0.3, 0.4) is 0 Å². The van der Waals surface area contributed by atoms with E-state index in [9.17, 15) is 4.79 Å². The van der Waals surface area contributed by atoms with Gasteiger partial charge in [0.2, 0.25) is 0 Å². The van der Waals surface area contributed by atoms with Crippen LogP contribution < -0.4 is 5.32 Å².